The molecule has 2 aromatic rings. The van der Waals surface area contributed by atoms with Crippen LogP contribution in [0.4, 0.5) is 0 Å². The van der Waals surface area contributed by atoms with Gasteiger partial charge < -0.3 is 14.6 Å². The van der Waals surface area contributed by atoms with E-state index in [0.717, 1.165) is 42.8 Å². The Morgan fingerprint density at radius 1 is 1.38 bits per heavy atom. The van der Waals surface area contributed by atoms with E-state index in [-0.39, 0.29) is 17.9 Å². The fourth-order valence-corrected chi connectivity index (χ4v) is 4.14. The molecule has 0 aliphatic carbocycles. The summed E-state index contributed by atoms with van der Waals surface area (Å²) in [5, 5.41) is 4.15. The topological polar surface area (TPSA) is 75.4 Å². The van der Waals surface area contributed by atoms with Gasteiger partial charge in [0.15, 0.2) is 5.76 Å². The third-order valence-electron chi connectivity index (χ3n) is 4.64. The maximum absolute atomic E-state index is 12.6. The summed E-state index contributed by atoms with van der Waals surface area (Å²) in [5.74, 6) is 0.240. The van der Waals surface area contributed by atoms with Crippen molar-refractivity contribution in [3.05, 3.63) is 39.7 Å². The van der Waals surface area contributed by atoms with Gasteiger partial charge in [-0.05, 0) is 44.7 Å². The van der Waals surface area contributed by atoms with E-state index in [2.05, 4.69) is 17.2 Å². The number of hydrogen-bond donors (Lipinski definition) is 1. The molecule has 3 rings (SSSR count). The summed E-state index contributed by atoms with van der Waals surface area (Å²) in [6.45, 7) is 5.28. The SMILES string of the molecule is CCCCc1nc(C)c(C(=O)NC2CCN(C(=O)c3ccco3)CC2)s1. The Morgan fingerprint density at radius 3 is 2.81 bits per heavy atom. The number of nitrogens with one attached hydrogen (secondary N) is 1. The summed E-state index contributed by atoms with van der Waals surface area (Å²) >= 11 is 1.50. The molecule has 7 heteroatoms. The van der Waals surface area contributed by atoms with E-state index in [0.29, 0.717) is 23.7 Å². The Morgan fingerprint density at radius 2 is 2.15 bits per heavy atom. The molecule has 0 spiro atoms. The summed E-state index contributed by atoms with van der Waals surface area (Å²) in [6, 6.07) is 3.48. The predicted molar refractivity (Wildman–Crippen MR) is 101 cm³/mol. The van der Waals surface area contributed by atoms with Gasteiger partial charge >= 0.3 is 0 Å². The number of furan rings is 1. The lowest BCUT2D eigenvalue weighted by Crippen LogP contribution is -2.46. The number of likely N-dealkylation sites (tertiary alicyclic amines) is 1. The number of thiazole rings is 1. The van der Waals surface area contributed by atoms with Crippen LogP contribution in [-0.2, 0) is 6.42 Å². The monoisotopic (exact) mass is 375 g/mol. The summed E-state index contributed by atoms with van der Waals surface area (Å²) in [7, 11) is 0. The van der Waals surface area contributed by atoms with Crippen LogP contribution >= 0.6 is 11.3 Å². The second-order valence-electron chi connectivity index (χ2n) is 6.64. The van der Waals surface area contributed by atoms with Crippen LogP contribution in [0.15, 0.2) is 22.8 Å². The minimum atomic E-state index is -0.0846. The Kier molecular flexibility index (Phi) is 6.08. The van der Waals surface area contributed by atoms with Crippen molar-refractivity contribution in [3.63, 3.8) is 0 Å². The van der Waals surface area contributed by atoms with Gasteiger partial charge in [0.25, 0.3) is 11.8 Å². The van der Waals surface area contributed by atoms with E-state index in [1.54, 1.807) is 17.0 Å². The maximum Gasteiger partial charge on any atom is 0.289 e. The first-order chi connectivity index (χ1) is 12.6. The van der Waals surface area contributed by atoms with Crippen LogP contribution in [0.1, 0.15) is 63.5 Å². The number of nitrogens with zero attached hydrogens (tertiary/aromatic N) is 2. The fraction of sp³-hybridized carbons (Fsp3) is 0.526. The van der Waals surface area contributed by atoms with Crippen molar-refractivity contribution in [2.45, 2.75) is 52.0 Å². The molecule has 1 aliphatic rings. The molecule has 6 nitrogen and oxygen atoms in total. The largest absolute Gasteiger partial charge is 0.459 e. The molecule has 1 N–H and O–H groups in total. The van der Waals surface area contributed by atoms with Gasteiger partial charge in [-0.25, -0.2) is 4.98 Å². The van der Waals surface area contributed by atoms with Gasteiger partial charge in [-0.1, -0.05) is 13.3 Å². The molecule has 1 fully saturated rings. The molecule has 0 unspecified atom stereocenters. The standard InChI is InChI=1S/C19H25N3O3S/c1-3-4-7-16-20-13(2)17(26-16)18(23)21-14-8-10-22(11-9-14)19(24)15-6-5-12-25-15/h5-6,12,14H,3-4,7-11H2,1-2H3,(H,21,23). The van der Waals surface area contributed by atoms with Crippen molar-refractivity contribution in [1.82, 2.24) is 15.2 Å². The number of carbonyl (C=O) groups excluding carboxylic acids is 2. The molecule has 26 heavy (non-hydrogen) atoms. The molecule has 0 aromatic carbocycles. The summed E-state index contributed by atoms with van der Waals surface area (Å²) in [5.41, 5.74) is 0.809. The molecule has 2 amide bonds. The molecule has 3 heterocycles. The summed E-state index contributed by atoms with van der Waals surface area (Å²) in [4.78, 5) is 31.9. The maximum atomic E-state index is 12.6. The highest BCUT2D eigenvalue weighted by Crippen LogP contribution is 2.21. The van der Waals surface area contributed by atoms with E-state index >= 15 is 0 Å². The highest BCUT2D eigenvalue weighted by Gasteiger charge is 2.27. The van der Waals surface area contributed by atoms with Gasteiger partial charge in [-0.3, -0.25) is 9.59 Å². The van der Waals surface area contributed by atoms with Crippen molar-refractivity contribution in [1.29, 1.82) is 0 Å². The molecule has 1 saturated heterocycles. The van der Waals surface area contributed by atoms with E-state index in [1.165, 1.54) is 17.6 Å². The van der Waals surface area contributed by atoms with Crippen molar-refractivity contribution in [2.24, 2.45) is 0 Å². The van der Waals surface area contributed by atoms with Crippen LogP contribution in [0.2, 0.25) is 0 Å². The van der Waals surface area contributed by atoms with Crippen LogP contribution in [0, 0.1) is 6.92 Å². The second-order valence-corrected chi connectivity index (χ2v) is 7.73. The zero-order chi connectivity index (χ0) is 18.5. The average molecular weight is 375 g/mol. The Labute approximate surface area is 157 Å². The van der Waals surface area contributed by atoms with Crippen molar-refractivity contribution < 1.29 is 14.0 Å². The smallest absolute Gasteiger partial charge is 0.289 e. The number of unbranched alkanes of at least 4 members (excludes halogenated alkanes) is 1. The average Bonchev–Trinajstić information content (AvgIpc) is 3.30. The first-order valence-corrected chi connectivity index (χ1v) is 10.00. The van der Waals surface area contributed by atoms with Gasteiger partial charge in [-0.15, -0.1) is 11.3 Å². The van der Waals surface area contributed by atoms with Crippen molar-refractivity contribution in [3.8, 4) is 0 Å². The molecular weight excluding hydrogens is 350 g/mol. The quantitative estimate of drug-likeness (QED) is 0.839. The minimum Gasteiger partial charge on any atom is -0.459 e. The van der Waals surface area contributed by atoms with E-state index in [4.69, 9.17) is 4.42 Å². The molecule has 0 bridgehead atoms. The molecule has 2 aromatic heterocycles. The van der Waals surface area contributed by atoms with E-state index in [9.17, 15) is 9.59 Å². The number of amides is 2. The van der Waals surface area contributed by atoms with E-state index < -0.39 is 0 Å². The van der Waals surface area contributed by atoms with Crippen LogP contribution < -0.4 is 5.32 Å². The molecular formula is C19H25N3O3S. The van der Waals surface area contributed by atoms with Crippen LogP contribution in [0.25, 0.3) is 0 Å². The highest BCUT2D eigenvalue weighted by molar-refractivity contribution is 7.13. The van der Waals surface area contributed by atoms with Crippen molar-refractivity contribution in [2.75, 3.05) is 13.1 Å². The van der Waals surface area contributed by atoms with Crippen LogP contribution in [0.3, 0.4) is 0 Å². The molecule has 1 aliphatic heterocycles. The molecule has 0 saturated carbocycles. The van der Waals surface area contributed by atoms with Gasteiger partial charge in [0.1, 0.15) is 4.88 Å². The third-order valence-corrected chi connectivity index (χ3v) is 5.86. The lowest BCUT2D eigenvalue weighted by molar-refractivity contribution is 0.0667. The summed E-state index contributed by atoms with van der Waals surface area (Å²) < 4.78 is 5.17. The van der Waals surface area contributed by atoms with Gasteiger partial charge in [0.05, 0.1) is 17.0 Å². The van der Waals surface area contributed by atoms with Gasteiger partial charge in [0, 0.05) is 19.1 Å². The normalized spacial score (nSPS) is 15.2. The van der Waals surface area contributed by atoms with Gasteiger partial charge in [0.2, 0.25) is 0 Å². The number of hydrogen-bond acceptors (Lipinski definition) is 5. The lowest BCUT2D eigenvalue weighted by Gasteiger charge is -2.31. The van der Waals surface area contributed by atoms with Gasteiger partial charge in [-0.2, -0.15) is 0 Å². The Balaban J connectivity index is 1.52. The number of rotatable bonds is 6. The zero-order valence-corrected chi connectivity index (χ0v) is 16.1. The number of aromatic nitrogens is 1. The molecule has 140 valence electrons. The number of carbonyl (C=O) groups is 2. The molecule has 0 atom stereocenters. The number of piperidine rings is 1. The lowest BCUT2D eigenvalue weighted by atomic mass is 10.0. The third kappa shape index (κ3) is 4.33. The number of aryl methyl sites for hydroxylation is 2. The van der Waals surface area contributed by atoms with Crippen LogP contribution in [-0.4, -0.2) is 40.8 Å². The van der Waals surface area contributed by atoms with E-state index in [1.807, 2.05) is 6.92 Å². The Bertz CT molecular complexity index is 746. The Hall–Kier alpha value is -2.15. The molecule has 0 radical (unpaired) electrons. The zero-order valence-electron chi connectivity index (χ0n) is 15.3. The highest BCUT2D eigenvalue weighted by atomic mass is 32.1. The fourth-order valence-electron chi connectivity index (χ4n) is 3.13. The first kappa shape index (κ1) is 18.6. The summed E-state index contributed by atoms with van der Waals surface area (Å²) in [6.07, 6.45) is 6.15. The van der Waals surface area contributed by atoms with Crippen LogP contribution in [0.5, 0.6) is 0 Å². The minimum absolute atomic E-state index is 0.0430. The predicted octanol–water partition coefficient (Wildman–Crippen LogP) is 3.42. The first-order valence-electron chi connectivity index (χ1n) is 9.18. The second kappa shape index (κ2) is 8.49. The van der Waals surface area contributed by atoms with Crippen molar-refractivity contribution >= 4 is 23.2 Å².